The molecule has 6 heteroatoms. The van der Waals surface area contributed by atoms with Crippen molar-refractivity contribution in [2.45, 2.75) is 32.0 Å². The lowest BCUT2D eigenvalue weighted by Gasteiger charge is -2.23. The van der Waals surface area contributed by atoms with Gasteiger partial charge in [0.15, 0.2) is 12.0 Å². The van der Waals surface area contributed by atoms with E-state index in [4.69, 9.17) is 21.4 Å². The predicted octanol–water partition coefficient (Wildman–Crippen LogP) is 4.40. The number of ether oxygens (including phenoxy) is 1. The quantitative estimate of drug-likeness (QED) is 0.714. The van der Waals surface area contributed by atoms with E-state index in [0.29, 0.717) is 11.7 Å². The van der Waals surface area contributed by atoms with Crippen molar-refractivity contribution in [1.29, 1.82) is 0 Å². The molecule has 1 unspecified atom stereocenters. The fraction of sp³-hybridized carbons (Fsp3) is 0.333. The van der Waals surface area contributed by atoms with Crippen molar-refractivity contribution in [1.82, 2.24) is 14.8 Å². The molecule has 1 aliphatic heterocycles. The van der Waals surface area contributed by atoms with Crippen LogP contribution < -0.4 is 5.32 Å². The van der Waals surface area contributed by atoms with E-state index in [-0.39, 0.29) is 6.23 Å². The summed E-state index contributed by atoms with van der Waals surface area (Å²) in [5.41, 5.74) is 2.16. The number of rotatable bonds is 4. The van der Waals surface area contributed by atoms with E-state index in [2.05, 4.69) is 22.4 Å². The molecule has 1 N–H and O–H groups in total. The highest BCUT2D eigenvalue weighted by molar-refractivity contribution is 6.30. The zero-order valence-corrected chi connectivity index (χ0v) is 14.0. The summed E-state index contributed by atoms with van der Waals surface area (Å²) >= 11 is 6.10. The van der Waals surface area contributed by atoms with Gasteiger partial charge >= 0.3 is 0 Å². The number of hydrogen-bond acceptors (Lipinski definition) is 4. The maximum atomic E-state index is 6.10. The van der Waals surface area contributed by atoms with Crippen LogP contribution in [-0.4, -0.2) is 21.4 Å². The van der Waals surface area contributed by atoms with Crippen molar-refractivity contribution in [3.05, 3.63) is 53.3 Å². The minimum absolute atomic E-state index is 0.0352. The van der Waals surface area contributed by atoms with Crippen LogP contribution in [-0.2, 0) is 11.3 Å². The number of hydrogen-bond donors (Lipinski definition) is 1. The molecular weight excluding hydrogens is 324 g/mol. The Morgan fingerprint density at radius 1 is 1.25 bits per heavy atom. The number of pyridine rings is 1. The largest absolute Gasteiger partial charge is 0.364 e. The number of anilines is 1. The smallest absolute Gasteiger partial charge is 0.157 e. The lowest BCUT2D eigenvalue weighted by molar-refractivity contribution is -0.0365. The number of nitrogens with one attached hydrogen (secondary N) is 1. The van der Waals surface area contributed by atoms with Gasteiger partial charge in [-0.3, -0.25) is 0 Å². The van der Waals surface area contributed by atoms with Crippen LogP contribution in [0.3, 0.4) is 0 Å². The maximum Gasteiger partial charge on any atom is 0.157 e. The van der Waals surface area contributed by atoms with Crippen LogP contribution >= 0.6 is 11.6 Å². The van der Waals surface area contributed by atoms with Crippen molar-refractivity contribution < 1.29 is 4.74 Å². The van der Waals surface area contributed by atoms with E-state index in [0.717, 1.165) is 42.6 Å². The Hall–Kier alpha value is -2.11. The number of benzene rings is 1. The molecule has 0 amide bonds. The number of aromatic nitrogens is 3. The highest BCUT2D eigenvalue weighted by Crippen LogP contribution is 2.31. The summed E-state index contributed by atoms with van der Waals surface area (Å²) in [6.45, 7) is 1.48. The lowest BCUT2D eigenvalue weighted by Crippen LogP contribution is -2.19. The van der Waals surface area contributed by atoms with E-state index < -0.39 is 0 Å². The molecule has 5 nitrogen and oxygen atoms in total. The van der Waals surface area contributed by atoms with E-state index in [1.807, 2.05) is 28.9 Å². The van der Waals surface area contributed by atoms with E-state index in [1.54, 1.807) is 6.20 Å². The molecule has 24 heavy (non-hydrogen) atoms. The Morgan fingerprint density at radius 3 is 2.92 bits per heavy atom. The first-order valence-corrected chi connectivity index (χ1v) is 8.62. The molecule has 2 aromatic heterocycles. The van der Waals surface area contributed by atoms with Gasteiger partial charge in [0, 0.05) is 25.4 Å². The predicted molar refractivity (Wildman–Crippen MR) is 95.1 cm³/mol. The molecule has 0 radical (unpaired) electrons. The Morgan fingerprint density at radius 2 is 2.12 bits per heavy atom. The van der Waals surface area contributed by atoms with Gasteiger partial charge in [0.05, 0.1) is 10.9 Å². The molecule has 124 valence electrons. The second-order valence-corrected chi connectivity index (χ2v) is 6.36. The summed E-state index contributed by atoms with van der Waals surface area (Å²) in [6.07, 6.45) is 4.97. The molecule has 0 saturated carbocycles. The first kappa shape index (κ1) is 15.4. The van der Waals surface area contributed by atoms with Crippen LogP contribution in [0.4, 0.5) is 5.82 Å². The Kier molecular flexibility index (Phi) is 4.36. The van der Waals surface area contributed by atoms with Gasteiger partial charge in [0.1, 0.15) is 5.15 Å². The molecule has 1 saturated heterocycles. The van der Waals surface area contributed by atoms with Crippen molar-refractivity contribution in [2.24, 2.45) is 0 Å². The summed E-state index contributed by atoms with van der Waals surface area (Å²) < 4.78 is 7.84. The number of nitrogens with zero attached hydrogens (tertiary/aromatic N) is 3. The van der Waals surface area contributed by atoms with Crippen molar-refractivity contribution in [3.63, 3.8) is 0 Å². The van der Waals surface area contributed by atoms with Gasteiger partial charge in [-0.1, -0.05) is 41.9 Å². The van der Waals surface area contributed by atoms with Gasteiger partial charge in [0.25, 0.3) is 0 Å². The van der Waals surface area contributed by atoms with Crippen molar-refractivity contribution in [2.75, 3.05) is 11.9 Å². The minimum Gasteiger partial charge on any atom is -0.364 e. The van der Waals surface area contributed by atoms with E-state index in [1.165, 1.54) is 5.56 Å². The van der Waals surface area contributed by atoms with E-state index >= 15 is 0 Å². The molecule has 1 atom stereocenters. The van der Waals surface area contributed by atoms with Crippen LogP contribution in [0.1, 0.15) is 31.1 Å². The molecular formula is C18H19ClN4O. The summed E-state index contributed by atoms with van der Waals surface area (Å²) in [6, 6.07) is 12.1. The zero-order chi connectivity index (χ0) is 16.4. The summed E-state index contributed by atoms with van der Waals surface area (Å²) in [5, 5.41) is 9.59. The molecule has 1 fully saturated rings. The molecule has 3 heterocycles. The SMILES string of the molecule is Clc1cc2c(cn1)c(NCc1ccccc1)nn2C1CCCCO1. The molecule has 3 aromatic rings. The monoisotopic (exact) mass is 342 g/mol. The minimum atomic E-state index is -0.0352. The normalized spacial score (nSPS) is 18.0. The van der Waals surface area contributed by atoms with Gasteiger partial charge in [-0.25, -0.2) is 9.67 Å². The van der Waals surface area contributed by atoms with Crippen LogP contribution in [0.2, 0.25) is 5.15 Å². The maximum absolute atomic E-state index is 6.10. The van der Waals surface area contributed by atoms with Crippen LogP contribution in [0.25, 0.3) is 10.9 Å². The topological polar surface area (TPSA) is 52.0 Å². The Bertz CT molecular complexity index is 828. The first-order valence-electron chi connectivity index (χ1n) is 8.24. The van der Waals surface area contributed by atoms with Gasteiger partial charge in [-0.15, -0.1) is 0 Å². The van der Waals surface area contributed by atoms with Gasteiger partial charge < -0.3 is 10.1 Å². The summed E-state index contributed by atoms with van der Waals surface area (Å²) in [5.74, 6) is 0.812. The zero-order valence-electron chi connectivity index (χ0n) is 13.3. The van der Waals surface area contributed by atoms with Gasteiger partial charge in [-0.2, -0.15) is 5.10 Å². The summed E-state index contributed by atoms with van der Waals surface area (Å²) in [4.78, 5) is 4.21. The fourth-order valence-corrected chi connectivity index (χ4v) is 3.21. The standard InChI is InChI=1S/C18H19ClN4O/c19-16-10-15-14(12-20-16)18(21-11-13-6-2-1-3-7-13)22-23(15)17-8-4-5-9-24-17/h1-3,6-7,10,12,17H,4-5,8-9,11H2,(H,21,22). The fourth-order valence-electron chi connectivity index (χ4n) is 3.06. The van der Waals surface area contributed by atoms with Crippen molar-refractivity contribution in [3.8, 4) is 0 Å². The third kappa shape index (κ3) is 3.09. The number of fused-ring (bicyclic) bond motifs is 1. The molecule has 0 aliphatic carbocycles. The molecule has 1 aromatic carbocycles. The molecule has 0 spiro atoms. The first-order chi connectivity index (χ1) is 11.8. The van der Waals surface area contributed by atoms with Crippen LogP contribution in [0, 0.1) is 0 Å². The second kappa shape index (κ2) is 6.79. The molecule has 1 aliphatic rings. The Labute approximate surface area is 145 Å². The summed E-state index contributed by atoms with van der Waals surface area (Å²) in [7, 11) is 0. The average molecular weight is 343 g/mol. The van der Waals surface area contributed by atoms with Crippen LogP contribution in [0.15, 0.2) is 42.6 Å². The molecule has 0 bridgehead atoms. The van der Waals surface area contributed by atoms with Crippen LogP contribution in [0.5, 0.6) is 0 Å². The van der Waals surface area contributed by atoms with Gasteiger partial charge in [0.2, 0.25) is 0 Å². The highest BCUT2D eigenvalue weighted by atomic mass is 35.5. The number of halogens is 1. The van der Waals surface area contributed by atoms with E-state index in [9.17, 15) is 0 Å². The highest BCUT2D eigenvalue weighted by Gasteiger charge is 2.21. The van der Waals surface area contributed by atoms with Gasteiger partial charge in [-0.05, 0) is 24.8 Å². The van der Waals surface area contributed by atoms with Crippen molar-refractivity contribution >= 4 is 28.3 Å². The third-order valence-corrected chi connectivity index (χ3v) is 4.50. The average Bonchev–Trinajstić information content (AvgIpc) is 2.99. The molecule has 4 rings (SSSR count). The third-order valence-electron chi connectivity index (χ3n) is 4.29. The second-order valence-electron chi connectivity index (χ2n) is 5.98. The lowest BCUT2D eigenvalue weighted by atomic mass is 10.2. The Balaban J connectivity index is 1.67.